The molecule has 8 heteroatoms. The van der Waals surface area contributed by atoms with Crippen LogP contribution in [0.15, 0.2) is 66.3 Å². The number of benzene rings is 2. The lowest BCUT2D eigenvalue weighted by Crippen LogP contribution is -2.12. The molecule has 3 aromatic rings. The molecule has 0 aliphatic heterocycles. The van der Waals surface area contributed by atoms with Crippen LogP contribution in [0.25, 0.3) is 0 Å². The molecule has 0 unspecified atom stereocenters. The summed E-state index contributed by atoms with van der Waals surface area (Å²) in [7, 11) is 0. The normalized spacial score (nSPS) is 10.7. The van der Waals surface area contributed by atoms with Crippen LogP contribution in [0, 0.1) is 0 Å². The van der Waals surface area contributed by atoms with E-state index in [9.17, 15) is 9.59 Å². The molecule has 130 valence electrons. The van der Waals surface area contributed by atoms with Crippen molar-refractivity contribution in [1.82, 2.24) is 14.9 Å². The summed E-state index contributed by atoms with van der Waals surface area (Å²) in [5, 5.41) is 11.4. The van der Waals surface area contributed by atoms with Crippen molar-refractivity contribution >= 4 is 18.2 Å². The minimum absolute atomic E-state index is 0.155. The second-order valence-corrected chi connectivity index (χ2v) is 5.13. The molecule has 0 atom stereocenters. The van der Waals surface area contributed by atoms with Crippen LogP contribution < -0.4 is 9.47 Å². The van der Waals surface area contributed by atoms with Gasteiger partial charge in [-0.3, -0.25) is 4.79 Å². The van der Waals surface area contributed by atoms with E-state index in [-0.39, 0.29) is 11.3 Å². The third-order valence-electron chi connectivity index (χ3n) is 3.20. The van der Waals surface area contributed by atoms with Crippen molar-refractivity contribution in [2.45, 2.75) is 6.92 Å². The van der Waals surface area contributed by atoms with Gasteiger partial charge in [-0.2, -0.15) is 5.10 Å². The van der Waals surface area contributed by atoms with E-state index >= 15 is 0 Å². The molecule has 0 saturated carbocycles. The second kappa shape index (κ2) is 7.84. The minimum Gasteiger partial charge on any atom is -0.426 e. The first-order valence-corrected chi connectivity index (χ1v) is 7.60. The predicted molar refractivity (Wildman–Crippen MR) is 92.2 cm³/mol. The fraction of sp³-hybridized carbons (Fsp3) is 0.0556. The molecule has 0 N–H and O–H groups in total. The van der Waals surface area contributed by atoms with Gasteiger partial charge in [0.15, 0.2) is 0 Å². The van der Waals surface area contributed by atoms with Gasteiger partial charge in [-0.05, 0) is 42.0 Å². The average molecular weight is 350 g/mol. The molecule has 0 amide bonds. The monoisotopic (exact) mass is 350 g/mol. The van der Waals surface area contributed by atoms with E-state index in [2.05, 4.69) is 15.3 Å². The Morgan fingerprint density at radius 2 is 1.69 bits per heavy atom. The number of carbonyl (C=O) groups is 2. The lowest BCUT2D eigenvalue weighted by atomic mass is 10.2. The van der Waals surface area contributed by atoms with Crippen LogP contribution in [0.4, 0.5) is 0 Å². The summed E-state index contributed by atoms with van der Waals surface area (Å²) >= 11 is 0. The number of hydrogen-bond donors (Lipinski definition) is 0. The molecule has 0 aliphatic rings. The molecular weight excluding hydrogens is 336 g/mol. The van der Waals surface area contributed by atoms with Gasteiger partial charge in [-0.15, -0.1) is 10.2 Å². The molecule has 8 nitrogen and oxygen atoms in total. The first-order chi connectivity index (χ1) is 12.6. The van der Waals surface area contributed by atoms with Gasteiger partial charge in [0, 0.05) is 6.92 Å². The van der Waals surface area contributed by atoms with E-state index in [1.807, 2.05) is 0 Å². The second-order valence-electron chi connectivity index (χ2n) is 5.13. The van der Waals surface area contributed by atoms with Crippen molar-refractivity contribution in [2.24, 2.45) is 5.10 Å². The Morgan fingerprint density at radius 1 is 1.00 bits per heavy atom. The van der Waals surface area contributed by atoms with Crippen LogP contribution in [-0.2, 0) is 4.79 Å². The fourth-order valence-electron chi connectivity index (χ4n) is 2.05. The Morgan fingerprint density at radius 3 is 2.38 bits per heavy atom. The van der Waals surface area contributed by atoms with Gasteiger partial charge < -0.3 is 9.47 Å². The van der Waals surface area contributed by atoms with Crippen LogP contribution in [0.5, 0.6) is 11.5 Å². The summed E-state index contributed by atoms with van der Waals surface area (Å²) in [6.07, 6.45) is 4.55. The molecule has 0 saturated heterocycles. The van der Waals surface area contributed by atoms with Crippen molar-refractivity contribution in [3.8, 4) is 11.5 Å². The molecule has 0 fully saturated rings. The lowest BCUT2D eigenvalue weighted by molar-refractivity contribution is -0.131. The summed E-state index contributed by atoms with van der Waals surface area (Å²) in [5.41, 5.74) is 0.972. The molecule has 1 heterocycles. The third kappa shape index (κ3) is 4.38. The Bertz CT molecular complexity index is 934. The summed E-state index contributed by atoms with van der Waals surface area (Å²) in [6.45, 7) is 1.27. The summed E-state index contributed by atoms with van der Waals surface area (Å²) in [4.78, 5) is 23.5. The zero-order chi connectivity index (χ0) is 18.4. The third-order valence-corrected chi connectivity index (χ3v) is 3.20. The fourth-order valence-corrected chi connectivity index (χ4v) is 2.05. The van der Waals surface area contributed by atoms with Crippen LogP contribution in [0.2, 0.25) is 0 Å². The minimum atomic E-state index is -0.618. The smallest absolute Gasteiger partial charge is 0.347 e. The molecule has 0 spiro atoms. The van der Waals surface area contributed by atoms with E-state index in [0.717, 1.165) is 5.56 Å². The number of rotatable bonds is 5. The number of ether oxygens (including phenoxy) is 2. The van der Waals surface area contributed by atoms with Crippen LogP contribution >= 0.6 is 0 Å². The highest BCUT2D eigenvalue weighted by molar-refractivity contribution is 5.94. The first kappa shape index (κ1) is 17.0. The molecule has 0 bridgehead atoms. The van der Waals surface area contributed by atoms with Crippen LogP contribution in [-0.4, -0.2) is 33.0 Å². The Labute approximate surface area is 148 Å². The van der Waals surface area contributed by atoms with Gasteiger partial charge >= 0.3 is 11.9 Å². The number of para-hydroxylation sites is 1. The topological polar surface area (TPSA) is 95.7 Å². The van der Waals surface area contributed by atoms with Gasteiger partial charge in [0.25, 0.3) is 0 Å². The summed E-state index contributed by atoms with van der Waals surface area (Å²) in [5.74, 6) is -0.619. The number of hydrogen-bond acceptors (Lipinski definition) is 7. The van der Waals surface area contributed by atoms with E-state index in [1.54, 1.807) is 42.6 Å². The van der Waals surface area contributed by atoms with Gasteiger partial charge in [0.2, 0.25) is 0 Å². The quantitative estimate of drug-likeness (QED) is 0.398. The lowest BCUT2D eigenvalue weighted by Gasteiger charge is -2.08. The summed E-state index contributed by atoms with van der Waals surface area (Å²) < 4.78 is 11.8. The first-order valence-electron chi connectivity index (χ1n) is 7.60. The standard InChI is InChI=1S/C18H14N4O4/c1-13(23)25-17-5-3-2-4-16(17)18(24)26-15-8-6-14(7-9-15)10-21-22-11-19-20-12-22/h2-12H,1H3/b21-10+. The SMILES string of the molecule is CC(=O)Oc1ccccc1C(=O)Oc1ccc(/C=N/n2cnnc2)cc1. The maximum Gasteiger partial charge on any atom is 0.347 e. The zero-order valence-electron chi connectivity index (χ0n) is 13.8. The molecule has 1 aromatic heterocycles. The average Bonchev–Trinajstić information content (AvgIpc) is 3.14. The zero-order valence-corrected chi connectivity index (χ0v) is 13.8. The van der Waals surface area contributed by atoms with E-state index in [1.165, 1.54) is 36.4 Å². The highest BCUT2D eigenvalue weighted by atomic mass is 16.5. The molecule has 0 radical (unpaired) electrons. The Hall–Kier alpha value is -3.81. The Balaban J connectivity index is 1.69. The van der Waals surface area contributed by atoms with Crippen molar-refractivity contribution < 1.29 is 19.1 Å². The number of carbonyl (C=O) groups excluding carboxylic acids is 2. The van der Waals surface area contributed by atoms with Crippen molar-refractivity contribution in [1.29, 1.82) is 0 Å². The van der Waals surface area contributed by atoms with Crippen LogP contribution in [0.1, 0.15) is 22.8 Å². The van der Waals surface area contributed by atoms with E-state index in [0.29, 0.717) is 5.75 Å². The Kier molecular flexibility index (Phi) is 5.14. The maximum atomic E-state index is 12.3. The van der Waals surface area contributed by atoms with Crippen molar-refractivity contribution in [3.63, 3.8) is 0 Å². The van der Waals surface area contributed by atoms with Gasteiger partial charge in [-0.25, -0.2) is 9.47 Å². The molecule has 3 rings (SSSR count). The molecule has 2 aromatic carbocycles. The van der Waals surface area contributed by atoms with E-state index < -0.39 is 11.9 Å². The molecular formula is C18H14N4O4. The maximum absolute atomic E-state index is 12.3. The molecule has 26 heavy (non-hydrogen) atoms. The predicted octanol–water partition coefficient (Wildman–Crippen LogP) is 2.30. The van der Waals surface area contributed by atoms with Crippen molar-refractivity contribution in [3.05, 3.63) is 72.3 Å². The number of nitrogens with zero attached hydrogens (tertiary/aromatic N) is 4. The summed E-state index contributed by atoms with van der Waals surface area (Å²) in [6, 6.07) is 13.2. The van der Waals surface area contributed by atoms with Gasteiger partial charge in [-0.1, -0.05) is 12.1 Å². The van der Waals surface area contributed by atoms with Gasteiger partial charge in [0.1, 0.15) is 29.7 Å². The molecule has 0 aliphatic carbocycles. The van der Waals surface area contributed by atoms with E-state index in [4.69, 9.17) is 9.47 Å². The van der Waals surface area contributed by atoms with Gasteiger partial charge in [0.05, 0.1) is 6.21 Å². The highest BCUT2D eigenvalue weighted by Crippen LogP contribution is 2.21. The largest absolute Gasteiger partial charge is 0.426 e. The van der Waals surface area contributed by atoms with Crippen molar-refractivity contribution in [2.75, 3.05) is 0 Å². The van der Waals surface area contributed by atoms with Crippen LogP contribution in [0.3, 0.4) is 0 Å². The highest BCUT2D eigenvalue weighted by Gasteiger charge is 2.15. The number of esters is 2. The number of aromatic nitrogens is 3.